The van der Waals surface area contributed by atoms with Crippen molar-refractivity contribution < 1.29 is 5.11 Å². The molecule has 0 unspecified atom stereocenters. The third-order valence-corrected chi connectivity index (χ3v) is 2.52. The van der Waals surface area contributed by atoms with Crippen LogP contribution >= 0.6 is 0 Å². The predicted octanol–water partition coefficient (Wildman–Crippen LogP) is -0.678. The fraction of sp³-hybridized carbons (Fsp3) is 0.200. The number of aromatic hydroxyl groups is 1. The Hall–Kier alpha value is -2.08. The van der Waals surface area contributed by atoms with E-state index in [4.69, 9.17) is 5.73 Å². The molecule has 0 saturated heterocycles. The van der Waals surface area contributed by atoms with Gasteiger partial charge in [0.1, 0.15) is 5.75 Å². The van der Waals surface area contributed by atoms with Crippen molar-refractivity contribution in [3.8, 4) is 5.75 Å². The summed E-state index contributed by atoms with van der Waals surface area (Å²) in [5, 5.41) is 9.67. The zero-order valence-electron chi connectivity index (χ0n) is 8.67. The maximum atomic E-state index is 11.8. The van der Waals surface area contributed by atoms with Crippen LogP contribution in [0.4, 0.5) is 0 Å². The van der Waals surface area contributed by atoms with Crippen molar-refractivity contribution in [2.24, 2.45) is 12.8 Å². The largest absolute Gasteiger partial charge is 0.508 e. The quantitative estimate of drug-likeness (QED) is 0.667. The second-order valence-corrected chi connectivity index (χ2v) is 3.46. The lowest BCUT2D eigenvalue weighted by atomic mass is 10.2. The summed E-state index contributed by atoms with van der Waals surface area (Å²) in [4.78, 5) is 23.5. The average Bonchev–Trinajstić information content (AvgIpc) is 2.27. The topological polar surface area (TPSA) is 90.3 Å². The monoisotopic (exact) mass is 221 g/mol. The molecule has 0 spiro atoms. The number of rotatable bonds is 1. The van der Waals surface area contributed by atoms with Gasteiger partial charge in [0.05, 0.1) is 17.6 Å². The van der Waals surface area contributed by atoms with Crippen LogP contribution in [0.3, 0.4) is 0 Å². The van der Waals surface area contributed by atoms with Crippen molar-refractivity contribution in [3.05, 3.63) is 39.0 Å². The van der Waals surface area contributed by atoms with E-state index in [9.17, 15) is 14.7 Å². The molecule has 2 aromatic rings. The number of aromatic nitrogens is 2. The van der Waals surface area contributed by atoms with E-state index in [1.807, 2.05) is 0 Å². The average molecular weight is 221 g/mol. The van der Waals surface area contributed by atoms with E-state index < -0.39 is 11.2 Å². The Morgan fingerprint density at radius 1 is 1.38 bits per heavy atom. The molecule has 0 fully saturated rings. The summed E-state index contributed by atoms with van der Waals surface area (Å²) >= 11 is 0. The van der Waals surface area contributed by atoms with Gasteiger partial charge in [0.2, 0.25) is 0 Å². The highest BCUT2D eigenvalue weighted by Crippen LogP contribution is 2.14. The maximum absolute atomic E-state index is 11.8. The number of hydrogen-bond acceptors (Lipinski definition) is 4. The number of phenolic OH excluding ortho intramolecular Hbond substituents is 1. The molecule has 16 heavy (non-hydrogen) atoms. The van der Waals surface area contributed by atoms with Crippen molar-refractivity contribution in [1.29, 1.82) is 0 Å². The third kappa shape index (κ3) is 1.31. The van der Waals surface area contributed by atoms with Gasteiger partial charge >= 0.3 is 5.69 Å². The highest BCUT2D eigenvalue weighted by atomic mass is 16.3. The molecule has 0 aliphatic carbocycles. The fourth-order valence-corrected chi connectivity index (χ4v) is 1.66. The zero-order chi connectivity index (χ0) is 11.9. The van der Waals surface area contributed by atoms with Crippen LogP contribution < -0.4 is 17.0 Å². The van der Waals surface area contributed by atoms with Crippen LogP contribution in [0.5, 0.6) is 5.75 Å². The minimum Gasteiger partial charge on any atom is -0.508 e. The van der Waals surface area contributed by atoms with E-state index in [0.29, 0.717) is 10.9 Å². The molecule has 0 atom stereocenters. The summed E-state index contributed by atoms with van der Waals surface area (Å²) < 4.78 is 2.22. The van der Waals surface area contributed by atoms with Crippen molar-refractivity contribution in [1.82, 2.24) is 9.13 Å². The van der Waals surface area contributed by atoms with Crippen LogP contribution in [-0.2, 0) is 13.7 Å². The molecule has 3 N–H and O–H groups in total. The molecule has 2 rings (SSSR count). The lowest BCUT2D eigenvalue weighted by molar-refractivity contribution is 0.475. The molecule has 0 amide bonds. The SMILES string of the molecule is Cn1c(=O)n(CN)c(=O)c2ccc(O)cc21. The van der Waals surface area contributed by atoms with E-state index in [1.54, 1.807) is 0 Å². The van der Waals surface area contributed by atoms with Crippen LogP contribution in [0.15, 0.2) is 27.8 Å². The van der Waals surface area contributed by atoms with E-state index in [2.05, 4.69) is 0 Å². The summed E-state index contributed by atoms with van der Waals surface area (Å²) in [6.45, 7) is -0.164. The molecule has 1 aromatic carbocycles. The molecule has 0 bridgehead atoms. The maximum Gasteiger partial charge on any atom is 0.332 e. The van der Waals surface area contributed by atoms with Gasteiger partial charge in [-0.15, -0.1) is 0 Å². The van der Waals surface area contributed by atoms with Gasteiger partial charge in [0.25, 0.3) is 5.56 Å². The van der Waals surface area contributed by atoms with Gasteiger partial charge in [-0.05, 0) is 12.1 Å². The number of nitrogens with two attached hydrogens (primary N) is 1. The Morgan fingerprint density at radius 3 is 2.69 bits per heavy atom. The van der Waals surface area contributed by atoms with Crippen molar-refractivity contribution in [2.75, 3.05) is 0 Å². The molecule has 6 heteroatoms. The van der Waals surface area contributed by atoms with E-state index in [1.165, 1.54) is 29.8 Å². The highest BCUT2D eigenvalue weighted by Gasteiger charge is 2.09. The van der Waals surface area contributed by atoms with E-state index in [-0.39, 0.29) is 12.4 Å². The first-order valence-electron chi connectivity index (χ1n) is 4.69. The standard InChI is InChI=1S/C10H11N3O3/c1-12-8-4-6(14)2-3-7(8)9(15)13(5-11)10(12)16/h2-4,14H,5,11H2,1H3. The van der Waals surface area contributed by atoms with Crippen molar-refractivity contribution >= 4 is 10.9 Å². The molecule has 1 heterocycles. The number of benzene rings is 1. The molecule has 1 aromatic heterocycles. The summed E-state index contributed by atoms with van der Waals surface area (Å²) in [7, 11) is 1.52. The summed E-state index contributed by atoms with van der Waals surface area (Å²) in [6, 6.07) is 4.24. The Bertz CT molecular complexity index is 669. The fourth-order valence-electron chi connectivity index (χ4n) is 1.66. The minimum atomic E-state index is -0.495. The van der Waals surface area contributed by atoms with Gasteiger partial charge in [0, 0.05) is 13.1 Å². The Balaban J connectivity index is 3.08. The highest BCUT2D eigenvalue weighted by molar-refractivity contribution is 5.79. The molecule has 0 radical (unpaired) electrons. The first-order valence-corrected chi connectivity index (χ1v) is 4.69. The minimum absolute atomic E-state index is 0.00685. The second kappa shape index (κ2) is 3.49. The predicted molar refractivity (Wildman–Crippen MR) is 59.3 cm³/mol. The number of fused-ring (bicyclic) bond motifs is 1. The molecule has 0 saturated carbocycles. The van der Waals surface area contributed by atoms with Gasteiger partial charge < -0.3 is 10.8 Å². The first-order chi connectivity index (χ1) is 7.56. The lowest BCUT2D eigenvalue weighted by Crippen LogP contribution is -2.40. The zero-order valence-corrected chi connectivity index (χ0v) is 8.67. The summed E-state index contributed by atoms with van der Waals surface area (Å²) in [5.74, 6) is 0.00685. The van der Waals surface area contributed by atoms with Gasteiger partial charge in [0.15, 0.2) is 0 Å². The van der Waals surface area contributed by atoms with Gasteiger partial charge in [-0.1, -0.05) is 0 Å². The van der Waals surface area contributed by atoms with Crippen LogP contribution in [0.25, 0.3) is 10.9 Å². The van der Waals surface area contributed by atoms with Gasteiger partial charge in [-0.3, -0.25) is 9.36 Å². The Labute approximate surface area is 90.2 Å². The normalized spacial score (nSPS) is 10.9. The molecule has 84 valence electrons. The molecular weight excluding hydrogens is 210 g/mol. The number of nitrogens with zero attached hydrogens (tertiary/aromatic N) is 2. The van der Waals surface area contributed by atoms with Gasteiger partial charge in [-0.25, -0.2) is 9.36 Å². The van der Waals surface area contributed by atoms with Crippen LogP contribution in [0.1, 0.15) is 0 Å². The van der Waals surface area contributed by atoms with Gasteiger partial charge in [-0.2, -0.15) is 0 Å². The van der Waals surface area contributed by atoms with Crippen LogP contribution in [0.2, 0.25) is 0 Å². The number of aryl methyl sites for hydroxylation is 1. The summed E-state index contributed by atoms with van der Waals surface area (Å²) in [6.07, 6.45) is 0. The number of hydrogen-bond donors (Lipinski definition) is 2. The molecule has 0 aliphatic heterocycles. The Morgan fingerprint density at radius 2 is 2.06 bits per heavy atom. The molecular formula is C10H11N3O3. The van der Waals surface area contributed by atoms with Crippen LogP contribution in [-0.4, -0.2) is 14.2 Å². The first kappa shape index (κ1) is 10.4. The lowest BCUT2D eigenvalue weighted by Gasteiger charge is -2.08. The summed E-state index contributed by atoms with van der Waals surface area (Å²) in [5.41, 5.74) is 4.79. The third-order valence-electron chi connectivity index (χ3n) is 2.52. The van der Waals surface area contributed by atoms with Crippen molar-refractivity contribution in [3.63, 3.8) is 0 Å². The molecule has 0 aliphatic rings. The second-order valence-electron chi connectivity index (χ2n) is 3.46. The molecule has 6 nitrogen and oxygen atoms in total. The van der Waals surface area contributed by atoms with E-state index >= 15 is 0 Å². The number of phenols is 1. The van der Waals surface area contributed by atoms with E-state index in [0.717, 1.165) is 4.57 Å². The smallest absolute Gasteiger partial charge is 0.332 e. The van der Waals surface area contributed by atoms with Crippen molar-refractivity contribution in [2.45, 2.75) is 6.67 Å². The van der Waals surface area contributed by atoms with Crippen LogP contribution in [0, 0.1) is 0 Å². The Kier molecular flexibility index (Phi) is 2.28.